The Morgan fingerprint density at radius 3 is 2.00 bits per heavy atom. The number of halogens is 1. The van der Waals surface area contributed by atoms with Crippen molar-refractivity contribution < 1.29 is 8.63 Å². The fourth-order valence-corrected chi connectivity index (χ4v) is 8.81. The zero-order chi connectivity index (χ0) is 24.6. The van der Waals surface area contributed by atoms with Crippen LogP contribution in [0.5, 0.6) is 0 Å². The number of benzene rings is 2. The van der Waals surface area contributed by atoms with E-state index in [9.17, 15) is 4.21 Å². The summed E-state index contributed by atoms with van der Waals surface area (Å²) in [4.78, 5) is 0.772. The van der Waals surface area contributed by atoms with Gasteiger partial charge in [-0.25, -0.2) is 8.51 Å². The lowest BCUT2D eigenvalue weighted by Crippen LogP contribution is -2.39. The minimum atomic E-state index is -2.62. The summed E-state index contributed by atoms with van der Waals surface area (Å²) in [5.74, 6) is 0.345. The Labute approximate surface area is 211 Å². The van der Waals surface area contributed by atoms with Crippen molar-refractivity contribution >= 4 is 39.0 Å². The summed E-state index contributed by atoms with van der Waals surface area (Å²) < 4.78 is 24.0. The quantitative estimate of drug-likeness (QED) is 0.213. The van der Waals surface area contributed by atoms with Gasteiger partial charge in [-0.15, -0.1) is 0 Å². The van der Waals surface area contributed by atoms with Gasteiger partial charge < -0.3 is 4.43 Å². The highest BCUT2D eigenvalue weighted by Gasteiger charge is 2.36. The molecular weight excluding hydrogens is 510 g/mol. The Hall–Kier alpha value is -1.14. The van der Waals surface area contributed by atoms with Crippen molar-refractivity contribution in [3.8, 4) is 0 Å². The molecule has 0 aromatic heterocycles. The standard InChI is InChI=1S/C27H40BrNO2SSi/c1-8-33(9-2,10-3)31-27(23-16-18-24(28)19-17-23)26(22(4)5)20-21-32(30,29(6)7)25-14-12-11-13-15-25/h11-20,22,26-27H,8-10H2,1-7H3/t26-,27+,32?/m1/s1. The third-order valence-corrected chi connectivity index (χ3v) is 14.2. The van der Waals surface area contributed by atoms with E-state index in [1.54, 1.807) is 4.31 Å². The van der Waals surface area contributed by atoms with E-state index in [0.717, 1.165) is 27.5 Å². The van der Waals surface area contributed by atoms with E-state index in [2.05, 4.69) is 79.8 Å². The molecule has 3 nitrogen and oxygen atoms in total. The molecule has 0 heterocycles. The number of hydrogen-bond acceptors (Lipinski definition) is 2. The van der Waals surface area contributed by atoms with Gasteiger partial charge in [-0.3, -0.25) is 0 Å². The molecular formula is C27H40BrNO2SSi. The molecule has 0 fully saturated rings. The van der Waals surface area contributed by atoms with Gasteiger partial charge in [0.15, 0.2) is 8.32 Å². The molecule has 0 aliphatic carbocycles. The van der Waals surface area contributed by atoms with Crippen LogP contribution in [-0.4, -0.2) is 35.9 Å². The van der Waals surface area contributed by atoms with Gasteiger partial charge in [-0.05, 0) is 79.1 Å². The monoisotopic (exact) mass is 549 g/mol. The van der Waals surface area contributed by atoms with Crippen LogP contribution >= 0.6 is 15.9 Å². The molecule has 1 unspecified atom stereocenters. The second-order valence-corrected chi connectivity index (χ2v) is 17.2. The summed E-state index contributed by atoms with van der Waals surface area (Å²) in [7, 11) is -0.800. The fourth-order valence-electron chi connectivity index (χ4n) is 4.08. The predicted octanol–water partition coefficient (Wildman–Crippen LogP) is 7.56. The van der Waals surface area contributed by atoms with E-state index in [-0.39, 0.29) is 12.0 Å². The lowest BCUT2D eigenvalue weighted by molar-refractivity contribution is 0.121. The van der Waals surface area contributed by atoms with Crippen molar-refractivity contribution in [2.45, 2.75) is 63.8 Å². The SMILES string of the molecule is CC[Si](CC)(CC)O[C@@H](c1ccc(Br)cc1)[C@H](C=C=S(=O)(c1ccccc1)N(C)C)C(C)C. The summed E-state index contributed by atoms with van der Waals surface area (Å²) in [6.07, 6.45) is 1.94. The molecule has 0 saturated carbocycles. The van der Waals surface area contributed by atoms with E-state index in [0.29, 0.717) is 5.92 Å². The summed E-state index contributed by atoms with van der Waals surface area (Å²) in [6, 6.07) is 21.4. The molecule has 2 aromatic carbocycles. The molecule has 0 spiro atoms. The van der Waals surface area contributed by atoms with Gasteiger partial charge in [-0.1, -0.05) is 80.9 Å². The molecule has 0 N–H and O–H groups in total. The van der Waals surface area contributed by atoms with E-state index in [1.165, 1.54) is 5.56 Å². The minimum absolute atomic E-state index is 0.0483. The number of nitrogens with zero attached hydrogens (tertiary/aromatic N) is 1. The van der Waals surface area contributed by atoms with Crippen LogP contribution in [0.4, 0.5) is 0 Å². The van der Waals surface area contributed by atoms with Crippen molar-refractivity contribution in [2.75, 3.05) is 14.1 Å². The van der Waals surface area contributed by atoms with Crippen molar-refractivity contribution in [3.05, 3.63) is 70.7 Å². The molecule has 2 rings (SSSR count). The number of hydrogen-bond donors (Lipinski definition) is 0. The molecule has 0 aliphatic rings. The van der Waals surface area contributed by atoms with Crippen molar-refractivity contribution in [1.82, 2.24) is 4.31 Å². The van der Waals surface area contributed by atoms with Crippen LogP contribution in [0.1, 0.15) is 46.3 Å². The molecule has 0 bridgehead atoms. The maximum absolute atomic E-state index is 14.0. The third kappa shape index (κ3) is 6.94. The molecule has 182 valence electrons. The highest BCUT2D eigenvalue weighted by molar-refractivity contribution is 9.10. The minimum Gasteiger partial charge on any atom is -0.409 e. The van der Waals surface area contributed by atoms with Gasteiger partial charge >= 0.3 is 0 Å². The Morgan fingerprint density at radius 2 is 1.55 bits per heavy atom. The predicted molar refractivity (Wildman–Crippen MR) is 150 cm³/mol. The summed E-state index contributed by atoms with van der Waals surface area (Å²) >= 11 is 3.57. The average molecular weight is 551 g/mol. The van der Waals surface area contributed by atoms with Crippen molar-refractivity contribution in [1.29, 1.82) is 0 Å². The molecule has 0 aliphatic heterocycles. The first-order valence-electron chi connectivity index (χ1n) is 11.9. The Balaban J connectivity index is 2.70. The normalized spacial score (nSPS) is 15.7. The van der Waals surface area contributed by atoms with Crippen LogP contribution < -0.4 is 0 Å². The first-order chi connectivity index (χ1) is 15.6. The van der Waals surface area contributed by atoms with Crippen LogP contribution in [-0.2, 0) is 14.1 Å². The van der Waals surface area contributed by atoms with Crippen molar-refractivity contribution in [2.24, 2.45) is 11.8 Å². The molecule has 0 amide bonds. The van der Waals surface area contributed by atoms with E-state index >= 15 is 0 Å². The molecule has 0 saturated heterocycles. The lowest BCUT2D eigenvalue weighted by Gasteiger charge is -2.37. The summed E-state index contributed by atoms with van der Waals surface area (Å²) in [6.45, 7) is 11.2. The zero-order valence-electron chi connectivity index (χ0n) is 21.2. The van der Waals surface area contributed by atoms with Crippen LogP contribution in [0.3, 0.4) is 0 Å². The highest BCUT2D eigenvalue weighted by atomic mass is 79.9. The molecule has 2 aromatic rings. The highest BCUT2D eigenvalue weighted by Crippen LogP contribution is 2.38. The van der Waals surface area contributed by atoms with Crippen LogP contribution in [0, 0.1) is 11.8 Å². The van der Waals surface area contributed by atoms with Gasteiger partial charge in [0.05, 0.1) is 11.0 Å². The van der Waals surface area contributed by atoms with Gasteiger partial charge in [0.25, 0.3) is 0 Å². The first kappa shape index (κ1) is 28.1. The van der Waals surface area contributed by atoms with E-state index in [1.807, 2.05) is 50.5 Å². The fraction of sp³-hybridized carbons (Fsp3) is 0.481. The van der Waals surface area contributed by atoms with Crippen molar-refractivity contribution in [3.63, 3.8) is 0 Å². The molecule has 33 heavy (non-hydrogen) atoms. The second kappa shape index (κ2) is 12.5. The zero-order valence-corrected chi connectivity index (χ0v) is 24.6. The second-order valence-electron chi connectivity index (χ2n) is 9.09. The summed E-state index contributed by atoms with van der Waals surface area (Å²) in [5.41, 5.74) is 1.17. The van der Waals surface area contributed by atoms with Gasteiger partial charge in [0.2, 0.25) is 0 Å². The van der Waals surface area contributed by atoms with E-state index < -0.39 is 18.0 Å². The Kier molecular flexibility index (Phi) is 10.7. The van der Waals surface area contributed by atoms with Crippen LogP contribution in [0.2, 0.25) is 18.1 Å². The van der Waals surface area contributed by atoms with Crippen LogP contribution in [0.25, 0.3) is 0 Å². The largest absolute Gasteiger partial charge is 0.409 e. The van der Waals surface area contributed by atoms with Gasteiger partial charge in [0, 0.05) is 10.4 Å². The number of rotatable bonds is 11. The Bertz CT molecular complexity index is 1010. The smallest absolute Gasteiger partial charge is 0.192 e. The van der Waals surface area contributed by atoms with Gasteiger partial charge in [0.1, 0.15) is 9.71 Å². The Morgan fingerprint density at radius 1 is 1.00 bits per heavy atom. The maximum atomic E-state index is 14.0. The average Bonchev–Trinajstić information content (AvgIpc) is 2.82. The lowest BCUT2D eigenvalue weighted by atomic mass is 9.87. The maximum Gasteiger partial charge on any atom is 0.192 e. The molecule has 0 radical (unpaired) electrons. The summed E-state index contributed by atoms with van der Waals surface area (Å²) in [5, 5.41) is 3.35. The first-order valence-corrected chi connectivity index (χ1v) is 16.8. The van der Waals surface area contributed by atoms with E-state index in [4.69, 9.17) is 4.43 Å². The molecule has 3 atom stereocenters. The van der Waals surface area contributed by atoms with Crippen LogP contribution in [0.15, 0.2) is 70.0 Å². The van der Waals surface area contributed by atoms with Gasteiger partial charge in [-0.2, -0.15) is 0 Å². The topological polar surface area (TPSA) is 29.5 Å². The third-order valence-electron chi connectivity index (χ3n) is 6.63. The molecule has 6 heteroatoms.